The molecule has 0 atom stereocenters. The Kier molecular flexibility index (Phi) is 4.27. The molecule has 21 heavy (non-hydrogen) atoms. The van der Waals surface area contributed by atoms with Crippen LogP contribution in [0, 0.1) is 0 Å². The van der Waals surface area contributed by atoms with Crippen LogP contribution in [0.25, 0.3) is 11.0 Å². The first-order valence-corrected chi connectivity index (χ1v) is 8.02. The van der Waals surface area contributed by atoms with Gasteiger partial charge in [0.05, 0.1) is 17.6 Å². The molecule has 1 N–H and O–H groups in total. The van der Waals surface area contributed by atoms with Crippen molar-refractivity contribution in [1.82, 2.24) is 19.8 Å². The lowest BCUT2D eigenvalue weighted by atomic mass is 10.0. The Labute approximate surface area is 127 Å². The summed E-state index contributed by atoms with van der Waals surface area (Å²) in [5.41, 5.74) is 3.61. The second-order valence-corrected chi connectivity index (χ2v) is 6.34. The Balaban J connectivity index is 1.69. The van der Waals surface area contributed by atoms with Crippen molar-refractivity contribution < 1.29 is 0 Å². The van der Waals surface area contributed by atoms with Crippen LogP contribution >= 0.6 is 0 Å². The van der Waals surface area contributed by atoms with Gasteiger partial charge in [0.25, 0.3) is 0 Å². The van der Waals surface area contributed by atoms with Gasteiger partial charge in [0.2, 0.25) is 0 Å². The van der Waals surface area contributed by atoms with Gasteiger partial charge in [-0.15, -0.1) is 0 Å². The maximum atomic E-state index is 4.73. The zero-order valence-corrected chi connectivity index (χ0v) is 13.4. The summed E-state index contributed by atoms with van der Waals surface area (Å²) >= 11 is 0. The monoisotopic (exact) mass is 286 g/mol. The van der Waals surface area contributed by atoms with Gasteiger partial charge in [-0.2, -0.15) is 0 Å². The maximum Gasteiger partial charge on any atom is 0.121 e. The molecule has 0 unspecified atom stereocenters. The molecule has 1 saturated heterocycles. The number of H-pyrrole nitrogens is 1. The van der Waals surface area contributed by atoms with Crippen LogP contribution in [-0.4, -0.2) is 53.0 Å². The maximum absolute atomic E-state index is 4.73. The van der Waals surface area contributed by atoms with E-state index in [9.17, 15) is 0 Å². The molecule has 4 nitrogen and oxygen atoms in total. The van der Waals surface area contributed by atoms with Gasteiger partial charge in [-0.3, -0.25) is 4.90 Å². The van der Waals surface area contributed by atoms with Gasteiger partial charge in [-0.05, 0) is 64.1 Å². The lowest BCUT2D eigenvalue weighted by molar-refractivity contribution is 0.137. The minimum atomic E-state index is 0.681. The third kappa shape index (κ3) is 3.27. The number of hydrogen-bond donors (Lipinski definition) is 1. The smallest absolute Gasteiger partial charge is 0.121 e. The summed E-state index contributed by atoms with van der Waals surface area (Å²) in [6, 6.07) is 7.21. The van der Waals surface area contributed by atoms with Crippen LogP contribution in [0.1, 0.15) is 31.2 Å². The first-order valence-electron chi connectivity index (χ1n) is 8.02. The van der Waals surface area contributed by atoms with E-state index in [4.69, 9.17) is 4.98 Å². The molecule has 4 heteroatoms. The van der Waals surface area contributed by atoms with Crippen molar-refractivity contribution >= 4 is 11.0 Å². The van der Waals surface area contributed by atoms with Crippen molar-refractivity contribution in [1.29, 1.82) is 0 Å². The van der Waals surface area contributed by atoms with E-state index in [2.05, 4.69) is 54.0 Å². The van der Waals surface area contributed by atoms with E-state index in [1.807, 2.05) is 0 Å². The molecule has 2 heterocycles. The normalized spacial score (nSPS) is 17.9. The Bertz CT molecular complexity index is 596. The van der Waals surface area contributed by atoms with E-state index in [1.54, 1.807) is 0 Å². The van der Waals surface area contributed by atoms with Gasteiger partial charge in [0, 0.05) is 6.04 Å². The van der Waals surface area contributed by atoms with E-state index in [0.717, 1.165) is 24.3 Å². The van der Waals surface area contributed by atoms with Crippen molar-refractivity contribution in [2.24, 2.45) is 0 Å². The molecule has 0 saturated carbocycles. The summed E-state index contributed by atoms with van der Waals surface area (Å²) in [4.78, 5) is 13.1. The predicted molar refractivity (Wildman–Crippen MR) is 87.5 cm³/mol. The van der Waals surface area contributed by atoms with Gasteiger partial charge in [0.1, 0.15) is 5.82 Å². The summed E-state index contributed by atoms with van der Waals surface area (Å²) in [5, 5.41) is 0. The summed E-state index contributed by atoms with van der Waals surface area (Å²) in [6.45, 7) is 5.50. The summed E-state index contributed by atoms with van der Waals surface area (Å²) in [7, 11) is 4.43. The fourth-order valence-corrected chi connectivity index (χ4v) is 3.21. The highest BCUT2D eigenvalue weighted by molar-refractivity contribution is 5.75. The van der Waals surface area contributed by atoms with E-state index in [0.29, 0.717) is 6.04 Å². The molecule has 0 spiro atoms. The number of rotatable bonds is 4. The van der Waals surface area contributed by atoms with Crippen molar-refractivity contribution in [3.63, 3.8) is 0 Å². The number of fused-ring (bicyclic) bond motifs is 1. The number of piperidine rings is 1. The number of likely N-dealkylation sites (tertiary alicyclic amines) is 1. The number of aryl methyl sites for hydroxylation is 1. The third-order valence-corrected chi connectivity index (χ3v) is 4.71. The van der Waals surface area contributed by atoms with Crippen LogP contribution in [0.5, 0.6) is 0 Å². The molecule has 114 valence electrons. The first-order chi connectivity index (χ1) is 10.2. The second kappa shape index (κ2) is 6.16. The number of benzene rings is 1. The molecule has 0 bridgehead atoms. The highest BCUT2D eigenvalue weighted by atomic mass is 15.2. The Morgan fingerprint density at radius 1 is 1.33 bits per heavy atom. The lowest BCUT2D eigenvalue weighted by Gasteiger charge is -2.34. The van der Waals surface area contributed by atoms with Crippen molar-refractivity contribution in [2.75, 3.05) is 27.2 Å². The van der Waals surface area contributed by atoms with Crippen molar-refractivity contribution in [3.8, 4) is 0 Å². The molecule has 1 aromatic carbocycles. The predicted octanol–water partition coefficient (Wildman–Crippen LogP) is 2.65. The fourth-order valence-electron chi connectivity index (χ4n) is 3.21. The van der Waals surface area contributed by atoms with E-state index in [-0.39, 0.29) is 0 Å². The van der Waals surface area contributed by atoms with Gasteiger partial charge >= 0.3 is 0 Å². The van der Waals surface area contributed by atoms with E-state index in [1.165, 1.54) is 37.0 Å². The third-order valence-electron chi connectivity index (χ3n) is 4.71. The van der Waals surface area contributed by atoms with Crippen molar-refractivity contribution in [3.05, 3.63) is 29.6 Å². The topological polar surface area (TPSA) is 35.2 Å². The van der Waals surface area contributed by atoms with Crippen LogP contribution in [0.4, 0.5) is 0 Å². The molecule has 1 fully saturated rings. The number of nitrogens with zero attached hydrogens (tertiary/aromatic N) is 3. The summed E-state index contributed by atoms with van der Waals surface area (Å²) < 4.78 is 0. The summed E-state index contributed by atoms with van der Waals surface area (Å²) in [6.07, 6.45) is 3.58. The van der Waals surface area contributed by atoms with Crippen LogP contribution in [-0.2, 0) is 13.0 Å². The average molecular weight is 286 g/mol. The average Bonchev–Trinajstić information content (AvgIpc) is 2.88. The first kappa shape index (κ1) is 14.5. The number of hydrogen-bond acceptors (Lipinski definition) is 3. The standard InChI is InChI=1S/C17H26N4/c1-4-13-5-6-15-16(11-13)19-17(18-15)12-21(3)14-7-9-20(2)10-8-14/h5-6,11,14H,4,7-10,12H2,1-3H3,(H,18,19). The molecule has 1 aliphatic rings. The largest absolute Gasteiger partial charge is 0.341 e. The van der Waals surface area contributed by atoms with Crippen molar-refractivity contribution in [2.45, 2.75) is 38.8 Å². The summed E-state index contributed by atoms with van der Waals surface area (Å²) in [5.74, 6) is 1.08. The molecular weight excluding hydrogens is 260 g/mol. The van der Waals surface area contributed by atoms with Crippen LogP contribution in [0.3, 0.4) is 0 Å². The highest BCUT2D eigenvalue weighted by Crippen LogP contribution is 2.18. The minimum Gasteiger partial charge on any atom is -0.341 e. The van der Waals surface area contributed by atoms with Gasteiger partial charge in [-0.25, -0.2) is 4.98 Å². The van der Waals surface area contributed by atoms with Crippen LogP contribution in [0.15, 0.2) is 18.2 Å². The molecular formula is C17H26N4. The number of nitrogens with one attached hydrogen (secondary N) is 1. The zero-order valence-electron chi connectivity index (χ0n) is 13.4. The van der Waals surface area contributed by atoms with Gasteiger partial charge in [-0.1, -0.05) is 13.0 Å². The molecule has 1 aliphatic heterocycles. The molecule has 0 amide bonds. The molecule has 2 aromatic rings. The molecule has 3 rings (SSSR count). The molecule has 0 radical (unpaired) electrons. The van der Waals surface area contributed by atoms with Gasteiger partial charge in [0.15, 0.2) is 0 Å². The quantitative estimate of drug-likeness (QED) is 0.938. The van der Waals surface area contributed by atoms with Crippen LogP contribution < -0.4 is 0 Å². The molecule has 0 aliphatic carbocycles. The Hall–Kier alpha value is -1.39. The van der Waals surface area contributed by atoms with Crippen LogP contribution in [0.2, 0.25) is 0 Å². The Morgan fingerprint density at radius 2 is 2.10 bits per heavy atom. The zero-order chi connectivity index (χ0) is 14.8. The lowest BCUT2D eigenvalue weighted by Crippen LogP contribution is -2.41. The number of imidazole rings is 1. The minimum absolute atomic E-state index is 0.681. The fraction of sp³-hybridized carbons (Fsp3) is 0.588. The second-order valence-electron chi connectivity index (χ2n) is 6.34. The number of aromatic amines is 1. The van der Waals surface area contributed by atoms with E-state index < -0.39 is 0 Å². The van der Waals surface area contributed by atoms with E-state index >= 15 is 0 Å². The Morgan fingerprint density at radius 3 is 2.81 bits per heavy atom. The SMILES string of the molecule is CCc1ccc2nc(CN(C)C3CCN(C)CC3)[nH]c2c1. The van der Waals surface area contributed by atoms with Gasteiger partial charge < -0.3 is 9.88 Å². The molecule has 1 aromatic heterocycles. The number of aromatic nitrogens is 2. The highest BCUT2D eigenvalue weighted by Gasteiger charge is 2.21.